The van der Waals surface area contributed by atoms with Crippen LogP contribution in [0.15, 0.2) is 11.6 Å². The molecule has 0 radical (unpaired) electrons. The Bertz CT molecular complexity index is 1010. The normalized spacial score (nSPS) is 53.3. The van der Waals surface area contributed by atoms with E-state index in [1.807, 2.05) is 0 Å². The molecule has 5 fully saturated rings. The molecule has 6 rings (SSSR count). The van der Waals surface area contributed by atoms with Gasteiger partial charge < -0.3 is 39.1 Å². The monoisotopic (exact) mass is 548 g/mol. The van der Waals surface area contributed by atoms with E-state index in [2.05, 4.69) is 6.92 Å². The lowest BCUT2D eigenvalue weighted by Gasteiger charge is -2.63. The lowest BCUT2D eigenvalue weighted by Crippen LogP contribution is -2.63. The van der Waals surface area contributed by atoms with E-state index in [1.165, 1.54) is 13.4 Å². The van der Waals surface area contributed by atoms with Crippen molar-refractivity contribution in [1.29, 1.82) is 0 Å². The number of aliphatic hydroxyl groups is 3. The second kappa shape index (κ2) is 9.88. The molecule has 0 aromatic rings. The molecule has 3 N–H and O–H groups in total. The molecular weight excluding hydrogens is 504 g/mol. The minimum atomic E-state index is -1.11. The Kier molecular flexibility index (Phi) is 7.04. The van der Waals surface area contributed by atoms with Crippen molar-refractivity contribution < 1.29 is 43.9 Å². The van der Waals surface area contributed by atoms with Gasteiger partial charge in [-0.3, -0.25) is 0 Å². The fourth-order valence-corrected chi connectivity index (χ4v) is 10.00. The summed E-state index contributed by atoms with van der Waals surface area (Å²) in [7, 11) is 1.46. The molecule has 4 saturated carbocycles. The van der Waals surface area contributed by atoms with Crippen molar-refractivity contribution in [2.24, 2.45) is 34.5 Å². The van der Waals surface area contributed by atoms with Crippen LogP contribution in [0.4, 0.5) is 0 Å². The number of fused-ring (bicyclic) bond motifs is 5. The molecule has 13 atom stereocenters. The van der Waals surface area contributed by atoms with E-state index in [1.54, 1.807) is 13.0 Å². The topological polar surface area (TPSA) is 132 Å². The number of ether oxygens (including phenoxy) is 4. The van der Waals surface area contributed by atoms with Crippen LogP contribution in [-0.2, 0) is 28.5 Å². The van der Waals surface area contributed by atoms with E-state index in [-0.39, 0.29) is 41.2 Å². The molecule has 218 valence electrons. The maximum absolute atomic E-state index is 13.0. The quantitative estimate of drug-likeness (QED) is 0.269. The molecule has 2 aliphatic heterocycles. The van der Waals surface area contributed by atoms with Gasteiger partial charge in [-0.1, -0.05) is 6.92 Å². The molecule has 0 aromatic heterocycles. The Balaban J connectivity index is 1.18. The van der Waals surface area contributed by atoms with Gasteiger partial charge in [0.15, 0.2) is 6.29 Å². The Hall–Kier alpha value is -1.36. The van der Waals surface area contributed by atoms with Crippen molar-refractivity contribution in [3.8, 4) is 0 Å². The van der Waals surface area contributed by atoms with Crippen molar-refractivity contribution in [2.45, 2.75) is 114 Å². The van der Waals surface area contributed by atoms with Gasteiger partial charge in [0.05, 0.1) is 17.8 Å². The first kappa shape index (κ1) is 27.8. The third kappa shape index (κ3) is 4.02. The molecule has 39 heavy (non-hydrogen) atoms. The van der Waals surface area contributed by atoms with Crippen LogP contribution in [0.3, 0.4) is 0 Å². The molecule has 2 heterocycles. The zero-order valence-electron chi connectivity index (χ0n) is 23.3. The molecule has 6 aliphatic rings. The first-order valence-corrected chi connectivity index (χ1v) is 14.8. The summed E-state index contributed by atoms with van der Waals surface area (Å²) in [5.74, 6) is 0.152. The van der Waals surface area contributed by atoms with Gasteiger partial charge in [0.25, 0.3) is 0 Å². The summed E-state index contributed by atoms with van der Waals surface area (Å²) >= 11 is 0. The SMILES string of the molecule is CO[C@H]1[C@@H](O)[C@H](O[C@H]2CC[C@@]3(C=O)[C@@H](CC[C@H]4[C@H]3CC[C@]3(C)[C@H](C5=CC(=O)OC5)CC[C@]43O)C2)O[C@@H](C)[C@H]1O. The van der Waals surface area contributed by atoms with Crippen LogP contribution in [0, 0.1) is 34.5 Å². The lowest BCUT2D eigenvalue weighted by atomic mass is 9.43. The number of aldehydes is 1. The Morgan fingerprint density at radius 1 is 1.05 bits per heavy atom. The molecule has 0 aromatic carbocycles. The average Bonchev–Trinajstić information content (AvgIpc) is 3.47. The number of rotatable bonds is 5. The first-order chi connectivity index (χ1) is 18.6. The lowest BCUT2D eigenvalue weighted by molar-refractivity contribution is -0.312. The van der Waals surface area contributed by atoms with E-state index < -0.39 is 41.7 Å². The van der Waals surface area contributed by atoms with Gasteiger partial charge in [-0.15, -0.1) is 0 Å². The minimum absolute atomic E-state index is 0.0482. The highest BCUT2D eigenvalue weighted by molar-refractivity contribution is 5.85. The van der Waals surface area contributed by atoms with Gasteiger partial charge in [0, 0.05) is 24.0 Å². The number of cyclic esters (lactones) is 1. The third-order valence-electron chi connectivity index (χ3n) is 12.1. The van der Waals surface area contributed by atoms with Crippen molar-refractivity contribution in [3.05, 3.63) is 11.6 Å². The van der Waals surface area contributed by atoms with Crippen molar-refractivity contribution in [1.82, 2.24) is 0 Å². The first-order valence-electron chi connectivity index (χ1n) is 14.8. The molecule has 0 unspecified atom stereocenters. The summed E-state index contributed by atoms with van der Waals surface area (Å²) in [5, 5.41) is 33.4. The third-order valence-corrected chi connectivity index (χ3v) is 12.1. The summed E-state index contributed by atoms with van der Waals surface area (Å²) in [6, 6.07) is 0. The van der Waals surface area contributed by atoms with Crippen LogP contribution in [-0.4, -0.2) is 83.7 Å². The maximum atomic E-state index is 13.0. The van der Waals surface area contributed by atoms with Crippen molar-refractivity contribution >= 4 is 12.3 Å². The van der Waals surface area contributed by atoms with Gasteiger partial charge >= 0.3 is 5.97 Å². The van der Waals surface area contributed by atoms with Gasteiger partial charge in [0.2, 0.25) is 0 Å². The summed E-state index contributed by atoms with van der Waals surface area (Å²) in [5.41, 5.74) is -0.682. The Morgan fingerprint density at radius 2 is 1.85 bits per heavy atom. The van der Waals surface area contributed by atoms with Gasteiger partial charge in [-0.2, -0.15) is 0 Å². The maximum Gasteiger partial charge on any atom is 0.331 e. The fourth-order valence-electron chi connectivity index (χ4n) is 10.00. The highest BCUT2D eigenvalue weighted by atomic mass is 16.7. The van der Waals surface area contributed by atoms with Crippen molar-refractivity contribution in [3.63, 3.8) is 0 Å². The molecule has 0 amide bonds. The van der Waals surface area contributed by atoms with Crippen LogP contribution in [0.1, 0.15) is 71.6 Å². The van der Waals surface area contributed by atoms with E-state index >= 15 is 0 Å². The molecule has 0 bridgehead atoms. The van der Waals surface area contributed by atoms with E-state index in [0.717, 1.165) is 37.7 Å². The number of carbonyl (C=O) groups is 2. The standard InChI is InChI=1S/C30H44O9/c1-16-24(33)26(36-3)25(34)27(38-16)39-19-6-10-29(15-31)18(13-19)4-5-22-21(29)7-9-28(2)20(8-11-30(22,28)35)17-12-23(32)37-14-17/h12,15-16,18-22,24-27,33-35H,4-11,13-14H2,1-3H3/t16-,18-,19-,20-,21+,22-,24+,25+,26+,27-,28+,29+,30-/m0/s1. The summed E-state index contributed by atoms with van der Waals surface area (Å²) < 4.78 is 22.6. The number of methoxy groups -OCH3 is 1. The predicted molar refractivity (Wildman–Crippen MR) is 138 cm³/mol. The molecule has 4 aliphatic carbocycles. The predicted octanol–water partition coefficient (Wildman–Crippen LogP) is 2.29. The van der Waals surface area contributed by atoms with E-state index in [9.17, 15) is 24.9 Å². The summed E-state index contributed by atoms with van der Waals surface area (Å²) in [4.78, 5) is 24.8. The van der Waals surface area contributed by atoms with Crippen LogP contribution in [0.2, 0.25) is 0 Å². The molecule has 9 heteroatoms. The zero-order valence-corrected chi connectivity index (χ0v) is 23.3. The van der Waals surface area contributed by atoms with Crippen LogP contribution in [0.25, 0.3) is 0 Å². The second-order valence-electron chi connectivity index (χ2n) is 13.4. The number of carbonyl (C=O) groups excluding carboxylic acids is 2. The zero-order chi connectivity index (χ0) is 27.7. The number of aliphatic hydroxyl groups excluding tert-OH is 2. The largest absolute Gasteiger partial charge is 0.458 e. The van der Waals surface area contributed by atoms with Gasteiger partial charge in [-0.05, 0) is 94.0 Å². The van der Waals surface area contributed by atoms with E-state index in [0.29, 0.717) is 32.3 Å². The van der Waals surface area contributed by atoms with Gasteiger partial charge in [-0.25, -0.2) is 4.79 Å². The summed E-state index contributed by atoms with van der Waals surface area (Å²) in [6.07, 6.45) is 5.39. The van der Waals surface area contributed by atoms with Crippen LogP contribution in [0.5, 0.6) is 0 Å². The Morgan fingerprint density at radius 3 is 2.54 bits per heavy atom. The van der Waals surface area contributed by atoms with Crippen molar-refractivity contribution in [2.75, 3.05) is 13.7 Å². The molecule has 9 nitrogen and oxygen atoms in total. The van der Waals surface area contributed by atoms with Crippen LogP contribution < -0.4 is 0 Å². The number of esters is 1. The molecule has 1 saturated heterocycles. The highest BCUT2D eigenvalue weighted by Crippen LogP contribution is 2.69. The van der Waals surface area contributed by atoms with Crippen LogP contribution >= 0.6 is 0 Å². The second-order valence-corrected chi connectivity index (χ2v) is 13.4. The fraction of sp³-hybridized carbons (Fsp3) is 0.867. The average molecular weight is 549 g/mol. The minimum Gasteiger partial charge on any atom is -0.458 e. The molecule has 0 spiro atoms. The Labute approximate surface area is 230 Å². The number of hydrogen-bond acceptors (Lipinski definition) is 9. The van der Waals surface area contributed by atoms with Gasteiger partial charge in [0.1, 0.15) is 31.2 Å². The van der Waals surface area contributed by atoms with E-state index in [4.69, 9.17) is 18.9 Å². The summed E-state index contributed by atoms with van der Waals surface area (Å²) in [6.45, 7) is 4.25. The number of hydrogen-bond donors (Lipinski definition) is 3. The smallest absolute Gasteiger partial charge is 0.331 e. The molecular formula is C30H44O9. The highest BCUT2D eigenvalue weighted by Gasteiger charge is 2.68.